The molecule has 0 radical (unpaired) electrons. The summed E-state index contributed by atoms with van der Waals surface area (Å²) in [6.45, 7) is 3.89. The zero-order chi connectivity index (χ0) is 12.5. The van der Waals surface area contributed by atoms with Gasteiger partial charge in [-0.1, -0.05) is 12.0 Å². The van der Waals surface area contributed by atoms with Crippen LogP contribution >= 0.6 is 0 Å². The van der Waals surface area contributed by atoms with E-state index in [0.29, 0.717) is 0 Å². The molecule has 2 aromatic carbocycles. The first-order chi connectivity index (χ1) is 8.76. The monoisotopic (exact) mass is 232 g/mol. The molecule has 0 aliphatic rings. The summed E-state index contributed by atoms with van der Waals surface area (Å²) in [4.78, 5) is 9.26. The van der Waals surface area contributed by atoms with Gasteiger partial charge in [-0.05, 0) is 49.7 Å². The van der Waals surface area contributed by atoms with E-state index in [4.69, 9.17) is 0 Å². The van der Waals surface area contributed by atoms with Crippen molar-refractivity contribution in [2.75, 3.05) is 0 Å². The third kappa shape index (κ3) is 1.80. The van der Waals surface area contributed by atoms with Crippen LogP contribution in [0.25, 0.3) is 22.1 Å². The predicted molar refractivity (Wildman–Crippen MR) is 74.3 cm³/mol. The van der Waals surface area contributed by atoms with Crippen molar-refractivity contribution in [1.29, 1.82) is 0 Å². The second kappa shape index (κ2) is 4.12. The topological polar surface area (TPSA) is 25.8 Å². The van der Waals surface area contributed by atoms with Crippen LogP contribution in [0.1, 0.15) is 18.1 Å². The van der Waals surface area contributed by atoms with E-state index in [1.165, 1.54) is 5.56 Å². The molecule has 0 fully saturated rings. The Kier molecular flexibility index (Phi) is 2.46. The van der Waals surface area contributed by atoms with Gasteiger partial charge in [0.25, 0.3) is 0 Å². The van der Waals surface area contributed by atoms with Crippen LogP contribution < -0.4 is 0 Å². The number of rotatable bonds is 0. The fourth-order valence-corrected chi connectivity index (χ4v) is 2.01. The largest absolute Gasteiger partial charge is 0.244 e. The second-order valence-electron chi connectivity index (χ2n) is 4.29. The standard InChI is InChI=1S/C16H12N2/c1-3-4-12-6-8-14-16(10-12)18-13-7-5-11(2)9-15(13)17-14/h5-10H,1-2H3. The van der Waals surface area contributed by atoms with Crippen molar-refractivity contribution in [1.82, 2.24) is 9.97 Å². The predicted octanol–water partition coefficient (Wildman–Crippen LogP) is 3.46. The average molecular weight is 232 g/mol. The van der Waals surface area contributed by atoms with Gasteiger partial charge in [0.05, 0.1) is 22.1 Å². The van der Waals surface area contributed by atoms with Gasteiger partial charge in [0.15, 0.2) is 0 Å². The van der Waals surface area contributed by atoms with Crippen LogP contribution in [0.15, 0.2) is 36.4 Å². The highest BCUT2D eigenvalue weighted by molar-refractivity contribution is 5.87. The molecule has 0 aliphatic carbocycles. The Hall–Kier alpha value is -2.40. The van der Waals surface area contributed by atoms with Crippen molar-refractivity contribution >= 4 is 22.1 Å². The van der Waals surface area contributed by atoms with Crippen LogP contribution in [0.4, 0.5) is 0 Å². The summed E-state index contributed by atoms with van der Waals surface area (Å²) in [5.74, 6) is 5.93. The fourth-order valence-electron chi connectivity index (χ4n) is 2.01. The van der Waals surface area contributed by atoms with E-state index in [0.717, 1.165) is 27.6 Å². The van der Waals surface area contributed by atoms with E-state index in [-0.39, 0.29) is 0 Å². The van der Waals surface area contributed by atoms with E-state index in [9.17, 15) is 0 Å². The Bertz CT molecular complexity index is 808. The molecule has 0 aliphatic heterocycles. The molecule has 0 saturated heterocycles. The molecule has 0 spiro atoms. The molecule has 1 aromatic heterocycles. The molecule has 0 saturated carbocycles. The van der Waals surface area contributed by atoms with Gasteiger partial charge in [-0.15, -0.1) is 5.92 Å². The number of hydrogen-bond donors (Lipinski definition) is 0. The molecule has 86 valence electrons. The molecule has 0 unspecified atom stereocenters. The Morgan fingerprint density at radius 1 is 0.833 bits per heavy atom. The first-order valence-corrected chi connectivity index (χ1v) is 5.87. The molecule has 0 amide bonds. The zero-order valence-electron chi connectivity index (χ0n) is 10.4. The van der Waals surface area contributed by atoms with Gasteiger partial charge in [0.1, 0.15) is 0 Å². The minimum absolute atomic E-state index is 0.895. The maximum Gasteiger partial charge on any atom is 0.0907 e. The van der Waals surface area contributed by atoms with E-state index < -0.39 is 0 Å². The molecule has 0 atom stereocenters. The van der Waals surface area contributed by atoms with Crippen molar-refractivity contribution in [3.05, 3.63) is 47.5 Å². The van der Waals surface area contributed by atoms with E-state index in [1.807, 2.05) is 31.2 Å². The third-order valence-electron chi connectivity index (χ3n) is 2.86. The highest BCUT2D eigenvalue weighted by Crippen LogP contribution is 2.18. The number of hydrogen-bond acceptors (Lipinski definition) is 2. The lowest BCUT2D eigenvalue weighted by molar-refractivity contribution is 1.37. The minimum Gasteiger partial charge on any atom is -0.244 e. The summed E-state index contributed by atoms with van der Waals surface area (Å²) < 4.78 is 0. The van der Waals surface area contributed by atoms with Crippen molar-refractivity contribution in [2.45, 2.75) is 13.8 Å². The van der Waals surface area contributed by atoms with E-state index in [1.54, 1.807) is 0 Å². The quantitative estimate of drug-likeness (QED) is 0.438. The van der Waals surface area contributed by atoms with Crippen molar-refractivity contribution in [3.8, 4) is 11.8 Å². The van der Waals surface area contributed by atoms with Gasteiger partial charge in [0.2, 0.25) is 0 Å². The van der Waals surface area contributed by atoms with Gasteiger partial charge in [-0.3, -0.25) is 0 Å². The molecule has 1 heterocycles. The van der Waals surface area contributed by atoms with Crippen molar-refractivity contribution in [3.63, 3.8) is 0 Å². The van der Waals surface area contributed by atoms with Crippen LogP contribution in [-0.2, 0) is 0 Å². The Labute approximate surface area is 106 Å². The third-order valence-corrected chi connectivity index (χ3v) is 2.86. The smallest absolute Gasteiger partial charge is 0.0907 e. The zero-order valence-corrected chi connectivity index (χ0v) is 10.4. The first kappa shape index (κ1) is 10.7. The summed E-state index contributed by atoms with van der Waals surface area (Å²) in [5, 5.41) is 0. The summed E-state index contributed by atoms with van der Waals surface area (Å²) in [5.41, 5.74) is 5.85. The number of aromatic nitrogens is 2. The van der Waals surface area contributed by atoms with Crippen molar-refractivity contribution < 1.29 is 0 Å². The fraction of sp³-hybridized carbons (Fsp3) is 0.125. The molecule has 3 rings (SSSR count). The summed E-state index contributed by atoms with van der Waals surface area (Å²) >= 11 is 0. The highest BCUT2D eigenvalue weighted by atomic mass is 14.8. The SMILES string of the molecule is CC#Cc1ccc2nc3cc(C)ccc3nc2c1. The van der Waals surface area contributed by atoms with Gasteiger partial charge < -0.3 is 0 Å². The highest BCUT2D eigenvalue weighted by Gasteiger charge is 2.02. The summed E-state index contributed by atoms with van der Waals surface area (Å²) in [7, 11) is 0. The first-order valence-electron chi connectivity index (χ1n) is 5.87. The van der Waals surface area contributed by atoms with Gasteiger partial charge >= 0.3 is 0 Å². The van der Waals surface area contributed by atoms with E-state index >= 15 is 0 Å². The van der Waals surface area contributed by atoms with Crippen molar-refractivity contribution in [2.24, 2.45) is 0 Å². The second-order valence-corrected chi connectivity index (χ2v) is 4.29. The van der Waals surface area contributed by atoms with Crippen LogP contribution in [0, 0.1) is 18.8 Å². The average Bonchev–Trinajstić information content (AvgIpc) is 2.37. The number of nitrogens with zero attached hydrogens (tertiary/aromatic N) is 2. The molecular weight excluding hydrogens is 220 g/mol. The number of aryl methyl sites for hydroxylation is 1. The van der Waals surface area contributed by atoms with Gasteiger partial charge in [-0.25, -0.2) is 9.97 Å². The van der Waals surface area contributed by atoms with Crippen LogP contribution in [0.2, 0.25) is 0 Å². The molecule has 18 heavy (non-hydrogen) atoms. The molecule has 2 nitrogen and oxygen atoms in total. The molecule has 3 aromatic rings. The lowest BCUT2D eigenvalue weighted by Crippen LogP contribution is -1.88. The van der Waals surface area contributed by atoms with E-state index in [2.05, 4.69) is 40.9 Å². The van der Waals surface area contributed by atoms with Crippen LogP contribution in [-0.4, -0.2) is 9.97 Å². The molecule has 0 N–H and O–H groups in total. The van der Waals surface area contributed by atoms with Gasteiger partial charge in [-0.2, -0.15) is 0 Å². The summed E-state index contributed by atoms with van der Waals surface area (Å²) in [6.07, 6.45) is 0. The lowest BCUT2D eigenvalue weighted by Gasteiger charge is -2.02. The number of benzene rings is 2. The maximum absolute atomic E-state index is 4.63. The Morgan fingerprint density at radius 3 is 2.22 bits per heavy atom. The Balaban J connectivity index is 2.33. The van der Waals surface area contributed by atoms with Crippen LogP contribution in [0.5, 0.6) is 0 Å². The Morgan fingerprint density at radius 2 is 1.50 bits per heavy atom. The minimum atomic E-state index is 0.895. The van der Waals surface area contributed by atoms with Gasteiger partial charge in [0, 0.05) is 5.56 Å². The number of fused-ring (bicyclic) bond motifs is 2. The molecule has 2 heteroatoms. The molecular formula is C16H12N2. The summed E-state index contributed by atoms with van der Waals surface area (Å²) in [6, 6.07) is 12.1. The maximum atomic E-state index is 4.63. The molecule has 0 bridgehead atoms. The normalized spacial score (nSPS) is 10.3. The lowest BCUT2D eigenvalue weighted by atomic mass is 10.1. The van der Waals surface area contributed by atoms with Crippen LogP contribution in [0.3, 0.4) is 0 Å².